The van der Waals surface area contributed by atoms with E-state index in [1.165, 1.54) is 6.92 Å². The maximum atomic E-state index is 11.7. The Morgan fingerprint density at radius 2 is 1.95 bits per heavy atom. The lowest BCUT2D eigenvalue weighted by atomic mass is 10.1. The number of carbonyl (C=O) groups excluding carboxylic acids is 2. The van der Waals surface area contributed by atoms with Crippen LogP contribution in [0.5, 0.6) is 0 Å². The van der Waals surface area contributed by atoms with Crippen LogP contribution in [0.15, 0.2) is 24.3 Å². The molecule has 1 aromatic carbocycles. The third-order valence-corrected chi connectivity index (χ3v) is 3.09. The second kappa shape index (κ2) is 7.90. The zero-order chi connectivity index (χ0) is 15.1. The molecule has 0 radical (unpaired) electrons. The van der Waals surface area contributed by atoms with Crippen molar-refractivity contribution in [3.8, 4) is 0 Å². The first-order chi connectivity index (χ1) is 9.41. The van der Waals surface area contributed by atoms with E-state index >= 15 is 0 Å². The summed E-state index contributed by atoms with van der Waals surface area (Å²) in [6, 6.07) is 7.17. The summed E-state index contributed by atoms with van der Waals surface area (Å²) in [7, 11) is 0. The number of benzene rings is 1. The Labute approximate surface area is 125 Å². The summed E-state index contributed by atoms with van der Waals surface area (Å²) in [4.78, 5) is 24.8. The lowest BCUT2D eigenvalue weighted by Crippen LogP contribution is -2.38. The van der Waals surface area contributed by atoms with Gasteiger partial charge in [0, 0.05) is 26.4 Å². The van der Waals surface area contributed by atoms with Gasteiger partial charge in [-0.15, -0.1) is 0 Å². The van der Waals surface area contributed by atoms with Gasteiger partial charge in [-0.2, -0.15) is 0 Å². The van der Waals surface area contributed by atoms with Crippen LogP contribution in [0.2, 0.25) is 5.02 Å². The molecule has 4 nitrogen and oxygen atoms in total. The smallest absolute Gasteiger partial charge is 0.223 e. The van der Waals surface area contributed by atoms with Gasteiger partial charge in [-0.25, -0.2) is 0 Å². The van der Waals surface area contributed by atoms with E-state index in [1.54, 1.807) is 17.0 Å². The zero-order valence-electron chi connectivity index (χ0n) is 12.1. The highest BCUT2D eigenvalue weighted by atomic mass is 35.5. The van der Waals surface area contributed by atoms with E-state index < -0.39 is 0 Å². The molecule has 0 spiro atoms. The van der Waals surface area contributed by atoms with E-state index in [0.29, 0.717) is 36.1 Å². The van der Waals surface area contributed by atoms with E-state index in [2.05, 4.69) is 5.32 Å². The summed E-state index contributed by atoms with van der Waals surface area (Å²) >= 11 is 6.09. The molecule has 2 amide bonds. The Hall–Kier alpha value is -1.55. The summed E-state index contributed by atoms with van der Waals surface area (Å²) in [6.45, 7) is 6.29. The Bertz CT molecular complexity index is 475. The van der Waals surface area contributed by atoms with Gasteiger partial charge in [0.05, 0.1) is 10.7 Å². The van der Waals surface area contributed by atoms with E-state index in [-0.39, 0.29) is 11.8 Å². The van der Waals surface area contributed by atoms with Crippen molar-refractivity contribution in [2.75, 3.05) is 18.0 Å². The van der Waals surface area contributed by atoms with Crippen LogP contribution < -0.4 is 10.2 Å². The normalized spacial score (nSPS) is 10.4. The predicted octanol–water partition coefficient (Wildman–Crippen LogP) is 2.86. The number of anilines is 1. The molecule has 0 aromatic heterocycles. The minimum atomic E-state index is -0.101. The number of nitrogens with zero attached hydrogens (tertiary/aromatic N) is 1. The van der Waals surface area contributed by atoms with E-state index in [1.807, 2.05) is 26.0 Å². The van der Waals surface area contributed by atoms with Gasteiger partial charge < -0.3 is 10.2 Å². The van der Waals surface area contributed by atoms with Crippen LogP contribution >= 0.6 is 11.6 Å². The van der Waals surface area contributed by atoms with Gasteiger partial charge in [-0.3, -0.25) is 9.59 Å². The highest BCUT2D eigenvalue weighted by molar-refractivity contribution is 6.33. The molecule has 0 heterocycles. The van der Waals surface area contributed by atoms with Gasteiger partial charge in [0.1, 0.15) is 0 Å². The maximum absolute atomic E-state index is 11.7. The van der Waals surface area contributed by atoms with Crippen molar-refractivity contribution >= 4 is 29.1 Å². The standard InChI is InChI=1S/C15H21ClN2O2/c1-11(2)10-15(20)17-8-9-18(12(3)19)14-7-5-4-6-13(14)16/h4-7,11H,8-10H2,1-3H3,(H,17,20). The average molecular weight is 297 g/mol. The molecule has 0 aliphatic rings. The molecule has 0 saturated heterocycles. The lowest BCUT2D eigenvalue weighted by Gasteiger charge is -2.22. The van der Waals surface area contributed by atoms with Crippen molar-refractivity contribution in [2.24, 2.45) is 5.92 Å². The van der Waals surface area contributed by atoms with Crippen molar-refractivity contribution in [2.45, 2.75) is 27.2 Å². The topological polar surface area (TPSA) is 49.4 Å². The molecule has 0 atom stereocenters. The number of amides is 2. The van der Waals surface area contributed by atoms with Crippen molar-refractivity contribution in [1.82, 2.24) is 5.32 Å². The van der Waals surface area contributed by atoms with E-state index in [4.69, 9.17) is 11.6 Å². The Morgan fingerprint density at radius 1 is 1.30 bits per heavy atom. The van der Waals surface area contributed by atoms with Crippen LogP contribution in [0.4, 0.5) is 5.69 Å². The first kappa shape index (κ1) is 16.5. The average Bonchev–Trinajstić information content (AvgIpc) is 2.34. The summed E-state index contributed by atoms with van der Waals surface area (Å²) < 4.78 is 0. The Morgan fingerprint density at radius 3 is 2.50 bits per heavy atom. The van der Waals surface area contributed by atoms with Crippen LogP contribution in [0.25, 0.3) is 0 Å². The van der Waals surface area contributed by atoms with Gasteiger partial charge in [0.2, 0.25) is 11.8 Å². The summed E-state index contributed by atoms with van der Waals surface area (Å²) in [5.74, 6) is 0.223. The molecule has 20 heavy (non-hydrogen) atoms. The van der Waals surface area contributed by atoms with Crippen molar-refractivity contribution in [3.05, 3.63) is 29.3 Å². The highest BCUT2D eigenvalue weighted by Crippen LogP contribution is 2.24. The van der Waals surface area contributed by atoms with Gasteiger partial charge in [0.15, 0.2) is 0 Å². The molecule has 0 unspecified atom stereocenters. The van der Waals surface area contributed by atoms with Gasteiger partial charge in [-0.05, 0) is 18.1 Å². The van der Waals surface area contributed by atoms with Crippen LogP contribution in [0.1, 0.15) is 27.2 Å². The van der Waals surface area contributed by atoms with E-state index in [9.17, 15) is 9.59 Å². The first-order valence-electron chi connectivity index (χ1n) is 6.71. The second-order valence-corrected chi connectivity index (χ2v) is 5.48. The number of halogens is 1. The molecule has 1 aromatic rings. The van der Waals surface area contributed by atoms with Crippen LogP contribution in [-0.4, -0.2) is 24.9 Å². The molecule has 0 fully saturated rings. The summed E-state index contributed by atoms with van der Waals surface area (Å²) in [5, 5.41) is 3.34. The van der Waals surface area contributed by atoms with E-state index in [0.717, 1.165) is 0 Å². The van der Waals surface area contributed by atoms with Crippen molar-refractivity contribution < 1.29 is 9.59 Å². The summed E-state index contributed by atoms with van der Waals surface area (Å²) in [6.07, 6.45) is 0.492. The second-order valence-electron chi connectivity index (χ2n) is 5.07. The Kier molecular flexibility index (Phi) is 6.52. The lowest BCUT2D eigenvalue weighted by molar-refractivity contribution is -0.122. The monoisotopic (exact) mass is 296 g/mol. The van der Waals surface area contributed by atoms with Gasteiger partial charge in [0.25, 0.3) is 0 Å². The molecule has 0 saturated carbocycles. The Balaban J connectivity index is 2.60. The molecule has 0 aliphatic heterocycles. The fourth-order valence-electron chi connectivity index (χ4n) is 1.87. The third-order valence-electron chi connectivity index (χ3n) is 2.77. The van der Waals surface area contributed by atoms with Crippen molar-refractivity contribution in [3.63, 3.8) is 0 Å². The van der Waals surface area contributed by atoms with Crippen LogP contribution in [0.3, 0.4) is 0 Å². The SMILES string of the molecule is CC(=O)N(CCNC(=O)CC(C)C)c1ccccc1Cl. The summed E-state index contributed by atoms with van der Waals surface area (Å²) in [5.41, 5.74) is 0.666. The number of para-hydroxylation sites is 1. The first-order valence-corrected chi connectivity index (χ1v) is 7.09. The molecule has 1 rings (SSSR count). The van der Waals surface area contributed by atoms with Crippen LogP contribution in [-0.2, 0) is 9.59 Å². The molecular weight excluding hydrogens is 276 g/mol. The predicted molar refractivity (Wildman–Crippen MR) is 81.9 cm³/mol. The minimum Gasteiger partial charge on any atom is -0.354 e. The third kappa shape index (κ3) is 5.21. The van der Waals surface area contributed by atoms with Crippen LogP contribution in [0, 0.1) is 5.92 Å². The molecule has 1 N–H and O–H groups in total. The largest absolute Gasteiger partial charge is 0.354 e. The minimum absolute atomic E-state index is 0.00246. The van der Waals surface area contributed by atoms with Gasteiger partial charge in [-0.1, -0.05) is 37.6 Å². The fraction of sp³-hybridized carbons (Fsp3) is 0.467. The molecule has 0 bridgehead atoms. The number of carbonyl (C=O) groups is 2. The zero-order valence-corrected chi connectivity index (χ0v) is 12.9. The molecular formula is C15H21ClN2O2. The number of nitrogens with one attached hydrogen (secondary N) is 1. The molecule has 5 heteroatoms. The fourth-order valence-corrected chi connectivity index (χ4v) is 2.11. The highest BCUT2D eigenvalue weighted by Gasteiger charge is 2.14. The quantitative estimate of drug-likeness (QED) is 0.877. The molecule has 110 valence electrons. The van der Waals surface area contributed by atoms with Crippen molar-refractivity contribution in [1.29, 1.82) is 0 Å². The number of rotatable bonds is 6. The molecule has 0 aliphatic carbocycles. The number of hydrogen-bond acceptors (Lipinski definition) is 2. The van der Waals surface area contributed by atoms with Gasteiger partial charge >= 0.3 is 0 Å². The number of hydrogen-bond donors (Lipinski definition) is 1. The maximum Gasteiger partial charge on any atom is 0.223 e.